The van der Waals surface area contributed by atoms with Gasteiger partial charge in [0.1, 0.15) is 11.0 Å². The van der Waals surface area contributed by atoms with Crippen LogP contribution in [0.2, 0.25) is 5.15 Å². The first-order valence-electron chi connectivity index (χ1n) is 7.06. The zero-order valence-electron chi connectivity index (χ0n) is 12.1. The van der Waals surface area contributed by atoms with E-state index in [1.54, 1.807) is 12.3 Å². The smallest absolute Gasteiger partial charge is 0.407 e. The lowest BCUT2D eigenvalue weighted by atomic mass is 10.2. The molecule has 8 heteroatoms. The number of pyridine rings is 2. The Bertz CT molecular complexity index is 735. The fourth-order valence-corrected chi connectivity index (χ4v) is 3.11. The van der Waals surface area contributed by atoms with Crippen LogP contribution in [0.4, 0.5) is 10.6 Å². The van der Waals surface area contributed by atoms with Crippen LogP contribution < -0.4 is 4.90 Å². The topological polar surface area (TPSA) is 69.6 Å². The first-order chi connectivity index (χ1) is 11.0. The first kappa shape index (κ1) is 16.0. The second-order valence-corrected chi connectivity index (χ2v) is 6.37. The molecular weight excluding hydrogens is 384 g/mol. The molecule has 120 valence electrons. The van der Waals surface area contributed by atoms with Gasteiger partial charge in [0.25, 0.3) is 0 Å². The average molecular weight is 398 g/mol. The summed E-state index contributed by atoms with van der Waals surface area (Å²) >= 11 is 9.47. The van der Waals surface area contributed by atoms with E-state index in [-0.39, 0.29) is 0 Å². The van der Waals surface area contributed by atoms with Gasteiger partial charge in [0.15, 0.2) is 0 Å². The number of halogens is 2. The van der Waals surface area contributed by atoms with Crippen LogP contribution in [0.25, 0.3) is 11.3 Å². The Morgan fingerprint density at radius 1 is 1.22 bits per heavy atom. The second-order valence-electron chi connectivity index (χ2n) is 5.12. The number of hydrogen-bond donors (Lipinski definition) is 1. The third kappa shape index (κ3) is 3.56. The number of hydrogen-bond acceptors (Lipinski definition) is 4. The van der Waals surface area contributed by atoms with E-state index in [9.17, 15) is 4.79 Å². The second kappa shape index (κ2) is 6.72. The van der Waals surface area contributed by atoms with Gasteiger partial charge in [-0.1, -0.05) is 11.6 Å². The van der Waals surface area contributed by atoms with Gasteiger partial charge in [0, 0.05) is 42.4 Å². The fraction of sp³-hybridized carbons (Fsp3) is 0.267. The Hall–Kier alpha value is -1.86. The largest absolute Gasteiger partial charge is 0.465 e. The molecule has 0 unspecified atom stereocenters. The molecule has 0 spiro atoms. The molecule has 0 saturated carbocycles. The Kier molecular flexibility index (Phi) is 4.68. The molecule has 0 radical (unpaired) electrons. The molecular formula is C15H14BrClN4O2. The molecule has 3 rings (SSSR count). The van der Waals surface area contributed by atoms with Gasteiger partial charge in [0.05, 0.1) is 5.69 Å². The minimum atomic E-state index is -0.875. The summed E-state index contributed by atoms with van der Waals surface area (Å²) < 4.78 is 0.868. The maximum Gasteiger partial charge on any atom is 0.407 e. The molecule has 0 atom stereocenters. The highest BCUT2D eigenvalue weighted by atomic mass is 79.9. The van der Waals surface area contributed by atoms with Crippen LogP contribution in [0.15, 0.2) is 34.9 Å². The highest BCUT2D eigenvalue weighted by Crippen LogP contribution is 2.30. The number of rotatable bonds is 2. The molecule has 0 aromatic carbocycles. The van der Waals surface area contributed by atoms with Gasteiger partial charge >= 0.3 is 6.09 Å². The van der Waals surface area contributed by atoms with Gasteiger partial charge in [-0.2, -0.15) is 0 Å². The van der Waals surface area contributed by atoms with Crippen LogP contribution in [0.3, 0.4) is 0 Å². The van der Waals surface area contributed by atoms with Crippen molar-refractivity contribution in [1.82, 2.24) is 14.9 Å². The van der Waals surface area contributed by atoms with E-state index in [1.807, 2.05) is 18.2 Å². The number of amides is 1. The molecule has 6 nitrogen and oxygen atoms in total. The minimum Gasteiger partial charge on any atom is -0.465 e. The Balaban J connectivity index is 1.85. The lowest BCUT2D eigenvalue weighted by molar-refractivity contribution is 0.142. The lowest BCUT2D eigenvalue weighted by Gasteiger charge is -2.34. The van der Waals surface area contributed by atoms with E-state index < -0.39 is 6.09 Å². The van der Waals surface area contributed by atoms with E-state index in [1.165, 1.54) is 4.90 Å². The van der Waals surface area contributed by atoms with E-state index in [4.69, 9.17) is 21.7 Å². The number of aromatic nitrogens is 2. The standard InChI is InChI=1S/C15H14BrClN4O2/c16-11-1-2-13(20-5-7-21(8-6-20)15(22)23)19-14(11)10-3-4-18-12(17)9-10/h1-4,9H,5-8H2,(H,22,23). The maximum atomic E-state index is 11.0. The number of anilines is 1. The van der Waals surface area contributed by atoms with Crippen molar-refractivity contribution < 1.29 is 9.90 Å². The van der Waals surface area contributed by atoms with Crippen LogP contribution in [0.1, 0.15) is 0 Å². The van der Waals surface area contributed by atoms with Crippen molar-refractivity contribution in [2.75, 3.05) is 31.1 Å². The normalized spacial score (nSPS) is 14.9. The lowest BCUT2D eigenvalue weighted by Crippen LogP contribution is -2.48. The summed E-state index contributed by atoms with van der Waals surface area (Å²) in [4.78, 5) is 23.2. The van der Waals surface area contributed by atoms with Gasteiger partial charge in [0.2, 0.25) is 0 Å². The van der Waals surface area contributed by atoms with Crippen LogP contribution in [0, 0.1) is 0 Å². The molecule has 0 bridgehead atoms. The number of carboxylic acid groups (broad SMARTS) is 1. The molecule has 0 aliphatic carbocycles. The molecule has 1 fully saturated rings. The zero-order valence-corrected chi connectivity index (χ0v) is 14.5. The van der Waals surface area contributed by atoms with Crippen molar-refractivity contribution >= 4 is 39.4 Å². The van der Waals surface area contributed by atoms with Crippen LogP contribution in [-0.2, 0) is 0 Å². The van der Waals surface area contributed by atoms with Crippen molar-refractivity contribution in [3.8, 4) is 11.3 Å². The van der Waals surface area contributed by atoms with Crippen molar-refractivity contribution in [1.29, 1.82) is 0 Å². The number of carbonyl (C=O) groups is 1. The van der Waals surface area contributed by atoms with Gasteiger partial charge in [-0.25, -0.2) is 14.8 Å². The quantitative estimate of drug-likeness (QED) is 0.787. The summed E-state index contributed by atoms with van der Waals surface area (Å²) in [5, 5.41) is 9.43. The monoisotopic (exact) mass is 396 g/mol. The number of piperazine rings is 1. The summed E-state index contributed by atoms with van der Waals surface area (Å²) in [6, 6.07) is 7.48. The van der Waals surface area contributed by atoms with Gasteiger partial charge < -0.3 is 14.9 Å². The third-order valence-electron chi connectivity index (χ3n) is 3.71. The van der Waals surface area contributed by atoms with Crippen molar-refractivity contribution in [3.05, 3.63) is 40.1 Å². The highest BCUT2D eigenvalue weighted by molar-refractivity contribution is 9.10. The predicted octanol–water partition coefficient (Wildman–Crippen LogP) is 3.36. The molecule has 1 aliphatic heterocycles. The van der Waals surface area contributed by atoms with Crippen molar-refractivity contribution in [3.63, 3.8) is 0 Å². The summed E-state index contributed by atoms with van der Waals surface area (Å²) in [6.07, 6.45) is 0.768. The van der Waals surface area contributed by atoms with E-state index in [0.717, 1.165) is 21.5 Å². The molecule has 1 N–H and O–H groups in total. The molecule has 2 aromatic rings. The summed E-state index contributed by atoms with van der Waals surface area (Å²) in [5.41, 5.74) is 1.66. The Morgan fingerprint density at radius 2 is 1.96 bits per heavy atom. The fourth-order valence-electron chi connectivity index (χ4n) is 2.49. The van der Waals surface area contributed by atoms with Gasteiger partial charge in [-0.05, 0) is 40.2 Å². The Labute approximate surface area is 146 Å². The third-order valence-corrected chi connectivity index (χ3v) is 4.55. The summed E-state index contributed by atoms with van der Waals surface area (Å²) in [5.74, 6) is 0.821. The van der Waals surface area contributed by atoms with Crippen molar-refractivity contribution in [2.24, 2.45) is 0 Å². The molecule has 1 amide bonds. The Morgan fingerprint density at radius 3 is 2.61 bits per heavy atom. The maximum absolute atomic E-state index is 11.0. The molecule has 2 aromatic heterocycles. The van der Waals surface area contributed by atoms with Gasteiger partial charge in [-0.15, -0.1) is 0 Å². The van der Waals surface area contributed by atoms with E-state index in [0.29, 0.717) is 31.3 Å². The van der Waals surface area contributed by atoms with Crippen molar-refractivity contribution in [2.45, 2.75) is 0 Å². The average Bonchev–Trinajstić information content (AvgIpc) is 2.55. The molecule has 1 aliphatic rings. The predicted molar refractivity (Wildman–Crippen MR) is 92.0 cm³/mol. The molecule has 3 heterocycles. The first-order valence-corrected chi connectivity index (χ1v) is 8.23. The zero-order chi connectivity index (χ0) is 16.4. The van der Waals surface area contributed by atoms with E-state index in [2.05, 4.69) is 25.8 Å². The summed E-state index contributed by atoms with van der Waals surface area (Å²) in [7, 11) is 0. The number of nitrogens with zero attached hydrogens (tertiary/aromatic N) is 4. The van der Waals surface area contributed by atoms with Crippen LogP contribution in [0.5, 0.6) is 0 Å². The molecule has 1 saturated heterocycles. The SMILES string of the molecule is O=C(O)N1CCN(c2ccc(Br)c(-c3ccnc(Cl)c3)n2)CC1. The van der Waals surface area contributed by atoms with Crippen LogP contribution in [-0.4, -0.2) is 52.2 Å². The van der Waals surface area contributed by atoms with Crippen LogP contribution >= 0.6 is 27.5 Å². The highest BCUT2D eigenvalue weighted by Gasteiger charge is 2.21. The molecule has 23 heavy (non-hydrogen) atoms. The van der Waals surface area contributed by atoms with E-state index >= 15 is 0 Å². The minimum absolute atomic E-state index is 0.414. The van der Waals surface area contributed by atoms with Gasteiger partial charge in [-0.3, -0.25) is 0 Å². The summed E-state index contributed by atoms with van der Waals surface area (Å²) in [6.45, 7) is 2.20.